The molecule has 0 rings (SSSR count). The third-order valence-corrected chi connectivity index (χ3v) is 10.4. The number of aliphatic hydroxyl groups is 2. The van der Waals surface area contributed by atoms with Crippen molar-refractivity contribution in [2.24, 2.45) is 5.73 Å². The van der Waals surface area contributed by atoms with Crippen molar-refractivity contribution in [3.63, 3.8) is 0 Å². The molecular formula is C40H81N2O7P. The molecular weight excluding hydrogens is 651 g/mol. The molecule has 0 aromatic carbocycles. The van der Waals surface area contributed by atoms with Crippen LogP contribution in [0.1, 0.15) is 200 Å². The number of phosphoric ester groups is 1. The van der Waals surface area contributed by atoms with Crippen LogP contribution in [0.25, 0.3) is 0 Å². The number of hydrogen-bond donors (Lipinski definition) is 5. The lowest BCUT2D eigenvalue weighted by Crippen LogP contribution is -2.46. The number of hydrogen-bond acceptors (Lipinski definition) is 7. The predicted octanol–water partition coefficient (Wildman–Crippen LogP) is 10.2. The maximum atomic E-state index is 12.7. The molecule has 0 radical (unpaired) electrons. The van der Waals surface area contributed by atoms with Gasteiger partial charge in [0.2, 0.25) is 5.91 Å². The summed E-state index contributed by atoms with van der Waals surface area (Å²) in [6.45, 7) is 3.96. The van der Waals surface area contributed by atoms with Crippen LogP contribution in [-0.4, -0.2) is 59.0 Å². The molecule has 10 heteroatoms. The first-order valence-electron chi connectivity index (χ1n) is 20.9. The molecule has 0 aromatic heterocycles. The Bertz CT molecular complexity index is 817. The number of nitrogens with one attached hydrogen (secondary N) is 1. The van der Waals surface area contributed by atoms with Gasteiger partial charge >= 0.3 is 7.82 Å². The highest BCUT2D eigenvalue weighted by molar-refractivity contribution is 7.47. The smallest absolute Gasteiger partial charge is 0.393 e. The first-order valence-corrected chi connectivity index (χ1v) is 22.4. The van der Waals surface area contributed by atoms with E-state index < -0.39 is 38.6 Å². The average molecular weight is 733 g/mol. The predicted molar refractivity (Wildman–Crippen MR) is 209 cm³/mol. The molecule has 4 atom stereocenters. The van der Waals surface area contributed by atoms with Crippen molar-refractivity contribution in [1.82, 2.24) is 5.32 Å². The molecule has 1 amide bonds. The Morgan fingerprint density at radius 3 is 1.54 bits per heavy atom. The fraction of sp³-hybridized carbons (Fsp3) is 0.925. The zero-order valence-corrected chi connectivity index (χ0v) is 33.4. The quantitative estimate of drug-likeness (QED) is 0.0238. The van der Waals surface area contributed by atoms with Gasteiger partial charge < -0.3 is 26.2 Å². The number of amides is 1. The number of phosphoric acid groups is 1. The van der Waals surface area contributed by atoms with Crippen molar-refractivity contribution in [3.8, 4) is 0 Å². The summed E-state index contributed by atoms with van der Waals surface area (Å²) < 4.78 is 22.0. The largest absolute Gasteiger partial charge is 0.472 e. The van der Waals surface area contributed by atoms with Gasteiger partial charge in [0.1, 0.15) is 0 Å². The number of carbonyl (C=O) groups is 1. The van der Waals surface area contributed by atoms with Gasteiger partial charge in [0.15, 0.2) is 0 Å². The van der Waals surface area contributed by atoms with Crippen molar-refractivity contribution in [3.05, 3.63) is 12.2 Å². The molecule has 0 aromatic rings. The second kappa shape index (κ2) is 36.6. The number of rotatable bonds is 39. The minimum absolute atomic E-state index is 0.0513. The van der Waals surface area contributed by atoms with Crippen LogP contribution in [0.3, 0.4) is 0 Å². The summed E-state index contributed by atoms with van der Waals surface area (Å²) in [7, 11) is -4.39. The molecule has 0 fully saturated rings. The third-order valence-electron chi connectivity index (χ3n) is 9.42. The Kier molecular flexibility index (Phi) is 36.0. The summed E-state index contributed by atoms with van der Waals surface area (Å²) in [5.74, 6) is -0.446. The normalized spacial score (nSPS) is 14.9. The molecule has 0 saturated carbocycles. The Morgan fingerprint density at radius 2 is 1.10 bits per heavy atom. The van der Waals surface area contributed by atoms with E-state index in [9.17, 15) is 24.5 Å². The van der Waals surface area contributed by atoms with Gasteiger partial charge in [-0.05, 0) is 19.3 Å². The Hall–Kier alpha value is -0.800. The van der Waals surface area contributed by atoms with Crippen LogP contribution >= 0.6 is 7.82 Å². The fourth-order valence-electron chi connectivity index (χ4n) is 6.23. The van der Waals surface area contributed by atoms with Crippen LogP contribution in [0.15, 0.2) is 12.2 Å². The fourth-order valence-corrected chi connectivity index (χ4v) is 6.99. The van der Waals surface area contributed by atoms with Gasteiger partial charge in [0, 0.05) is 6.54 Å². The summed E-state index contributed by atoms with van der Waals surface area (Å²) in [5.41, 5.74) is 5.35. The highest BCUT2D eigenvalue weighted by atomic mass is 31.2. The molecule has 0 aliphatic heterocycles. The van der Waals surface area contributed by atoms with E-state index in [1.165, 1.54) is 135 Å². The summed E-state index contributed by atoms with van der Waals surface area (Å²) >= 11 is 0. The van der Waals surface area contributed by atoms with E-state index in [1.807, 2.05) is 6.08 Å². The molecule has 0 aliphatic carbocycles. The van der Waals surface area contributed by atoms with Crippen LogP contribution < -0.4 is 11.1 Å². The van der Waals surface area contributed by atoms with E-state index in [-0.39, 0.29) is 19.6 Å². The van der Waals surface area contributed by atoms with E-state index in [1.54, 1.807) is 6.08 Å². The Balaban J connectivity index is 4.30. The van der Waals surface area contributed by atoms with Gasteiger partial charge in [-0.25, -0.2) is 4.57 Å². The number of carbonyl (C=O) groups excluding carboxylic acids is 1. The molecule has 298 valence electrons. The maximum absolute atomic E-state index is 12.7. The van der Waals surface area contributed by atoms with Gasteiger partial charge in [-0.1, -0.05) is 187 Å². The molecule has 0 spiro atoms. The second-order valence-corrected chi connectivity index (χ2v) is 15.9. The molecule has 0 aliphatic rings. The first-order chi connectivity index (χ1) is 24.3. The van der Waals surface area contributed by atoms with Gasteiger partial charge in [-0.3, -0.25) is 13.8 Å². The minimum atomic E-state index is -4.39. The lowest BCUT2D eigenvalue weighted by atomic mass is 10.0. The van der Waals surface area contributed by atoms with Crippen LogP contribution in [0, 0.1) is 0 Å². The Labute approximate surface area is 307 Å². The van der Waals surface area contributed by atoms with Gasteiger partial charge in [0.05, 0.1) is 37.9 Å². The van der Waals surface area contributed by atoms with Crippen molar-refractivity contribution in [2.75, 3.05) is 19.8 Å². The summed E-state index contributed by atoms with van der Waals surface area (Å²) in [6.07, 6.45) is 35.9. The lowest BCUT2D eigenvalue weighted by molar-refractivity contribution is -0.124. The van der Waals surface area contributed by atoms with Crippen LogP contribution in [0.4, 0.5) is 0 Å². The topological polar surface area (TPSA) is 151 Å². The molecule has 0 bridgehead atoms. The summed E-state index contributed by atoms with van der Waals surface area (Å²) in [5, 5.41) is 23.9. The van der Waals surface area contributed by atoms with Crippen LogP contribution in [0.2, 0.25) is 0 Å². The minimum Gasteiger partial charge on any atom is -0.393 e. The van der Waals surface area contributed by atoms with Gasteiger partial charge in [-0.15, -0.1) is 0 Å². The molecule has 0 saturated heterocycles. The SMILES string of the molecule is CCCCCCCCCCCCCCCCCCC/C=C/C(O)C(COP(=O)(O)OCCN)NC(=O)CC(O)CCCCCCCCCCC. The average Bonchev–Trinajstić information content (AvgIpc) is 3.09. The monoisotopic (exact) mass is 733 g/mol. The first kappa shape index (κ1) is 49.2. The van der Waals surface area contributed by atoms with Crippen LogP contribution in [0.5, 0.6) is 0 Å². The van der Waals surface area contributed by atoms with Gasteiger partial charge in [0.25, 0.3) is 0 Å². The molecule has 0 heterocycles. The van der Waals surface area contributed by atoms with Crippen molar-refractivity contribution in [1.29, 1.82) is 0 Å². The van der Waals surface area contributed by atoms with Crippen molar-refractivity contribution >= 4 is 13.7 Å². The number of unbranched alkanes of at least 4 members (excludes halogenated alkanes) is 25. The van der Waals surface area contributed by atoms with Crippen LogP contribution in [-0.2, 0) is 18.4 Å². The second-order valence-electron chi connectivity index (χ2n) is 14.4. The van der Waals surface area contributed by atoms with E-state index >= 15 is 0 Å². The maximum Gasteiger partial charge on any atom is 0.472 e. The highest BCUT2D eigenvalue weighted by Gasteiger charge is 2.27. The summed E-state index contributed by atoms with van der Waals surface area (Å²) in [4.78, 5) is 22.7. The standard InChI is InChI=1S/C40H81N2O7P/c1-3-5-7-9-11-13-14-15-16-17-18-19-20-21-22-24-26-28-30-32-39(44)38(36-49-50(46,47)48-34-33-41)42-40(45)35-37(43)31-29-27-25-23-12-10-8-6-4-2/h30,32,37-39,43-44H,3-29,31,33-36,41H2,1-2H3,(H,42,45)(H,46,47)/b32-30+. The number of allylic oxidation sites excluding steroid dienone is 1. The summed E-state index contributed by atoms with van der Waals surface area (Å²) in [6, 6.07) is -0.976. The van der Waals surface area contributed by atoms with Crippen molar-refractivity contribution in [2.45, 2.75) is 218 Å². The molecule has 4 unspecified atom stereocenters. The van der Waals surface area contributed by atoms with Crippen molar-refractivity contribution < 1.29 is 33.5 Å². The van der Waals surface area contributed by atoms with E-state index in [2.05, 4.69) is 19.2 Å². The third kappa shape index (κ3) is 34.3. The molecule has 50 heavy (non-hydrogen) atoms. The zero-order valence-electron chi connectivity index (χ0n) is 32.5. The van der Waals surface area contributed by atoms with E-state index in [0.717, 1.165) is 38.5 Å². The number of aliphatic hydroxyl groups excluding tert-OH is 2. The Morgan fingerprint density at radius 1 is 0.680 bits per heavy atom. The molecule has 9 nitrogen and oxygen atoms in total. The lowest BCUT2D eigenvalue weighted by Gasteiger charge is -2.24. The van der Waals surface area contributed by atoms with E-state index in [0.29, 0.717) is 6.42 Å². The molecule has 6 N–H and O–H groups in total. The van der Waals surface area contributed by atoms with Gasteiger partial charge in [-0.2, -0.15) is 0 Å². The highest BCUT2D eigenvalue weighted by Crippen LogP contribution is 2.43. The van der Waals surface area contributed by atoms with E-state index in [4.69, 9.17) is 14.8 Å². The number of nitrogens with two attached hydrogens (primary N) is 1. The zero-order chi connectivity index (χ0) is 37.0.